The lowest BCUT2D eigenvalue weighted by Gasteiger charge is -2.42. The van der Waals surface area contributed by atoms with Crippen molar-refractivity contribution in [1.82, 2.24) is 10.2 Å². The van der Waals surface area contributed by atoms with Crippen LogP contribution in [0.5, 0.6) is 0 Å². The topological polar surface area (TPSA) is 92.0 Å². The summed E-state index contributed by atoms with van der Waals surface area (Å²) in [5.41, 5.74) is 3.28. The number of nitrogens with zero attached hydrogens (tertiary/aromatic N) is 4. The van der Waals surface area contributed by atoms with E-state index in [0.717, 1.165) is 30.8 Å². The molecule has 3 rings (SSSR count). The van der Waals surface area contributed by atoms with Gasteiger partial charge in [-0.05, 0) is 56.9 Å². The summed E-state index contributed by atoms with van der Waals surface area (Å²) in [7, 11) is 0. The minimum absolute atomic E-state index is 0.0131. The number of nitriles is 1. The van der Waals surface area contributed by atoms with Gasteiger partial charge in [0, 0.05) is 44.1 Å². The number of benzene rings is 1. The fourth-order valence-electron chi connectivity index (χ4n) is 4.44. The quantitative estimate of drug-likeness (QED) is 0.686. The Kier molecular flexibility index (Phi) is 7.47. The van der Waals surface area contributed by atoms with Crippen molar-refractivity contribution < 1.29 is 9.90 Å². The summed E-state index contributed by atoms with van der Waals surface area (Å²) in [4.78, 5) is 21.5. The van der Waals surface area contributed by atoms with Gasteiger partial charge >= 0.3 is 0 Å². The molecular formula is C24H33N5O2. The fraction of sp³-hybridized carbons (Fsp3) is 0.542. The van der Waals surface area contributed by atoms with Crippen molar-refractivity contribution in [3.8, 4) is 6.07 Å². The Bertz CT molecular complexity index is 898. The Morgan fingerprint density at radius 3 is 2.74 bits per heavy atom. The number of carbonyl (C=O) groups excluding carboxylic acids is 1. The minimum Gasteiger partial charge on any atom is -0.390 e. The van der Waals surface area contributed by atoms with Gasteiger partial charge in [-0.3, -0.25) is 14.7 Å². The second-order valence-corrected chi connectivity index (χ2v) is 8.76. The molecule has 31 heavy (non-hydrogen) atoms. The van der Waals surface area contributed by atoms with E-state index in [4.69, 9.17) is 0 Å². The molecule has 3 atom stereocenters. The first-order chi connectivity index (χ1) is 14.8. The molecule has 7 nitrogen and oxygen atoms in total. The van der Waals surface area contributed by atoms with E-state index in [-0.39, 0.29) is 24.1 Å². The van der Waals surface area contributed by atoms with Gasteiger partial charge in [0.25, 0.3) is 0 Å². The molecule has 2 heterocycles. The number of aliphatic imine (C=N–C) groups is 1. The molecule has 1 aromatic rings. The summed E-state index contributed by atoms with van der Waals surface area (Å²) in [5.74, 6) is 0.435. The van der Waals surface area contributed by atoms with Crippen LogP contribution in [-0.4, -0.2) is 66.5 Å². The van der Waals surface area contributed by atoms with Crippen LogP contribution in [-0.2, 0) is 4.79 Å². The van der Waals surface area contributed by atoms with Crippen LogP contribution in [0.1, 0.15) is 38.3 Å². The molecule has 2 N–H and O–H groups in total. The van der Waals surface area contributed by atoms with Crippen LogP contribution < -0.4 is 10.2 Å². The highest BCUT2D eigenvalue weighted by Gasteiger charge is 2.34. The number of nitrogens with one attached hydrogen (secondary N) is 1. The first-order valence-electron chi connectivity index (χ1n) is 11.0. The number of carbonyl (C=O) groups is 1. The number of hydrogen-bond acceptors (Lipinski definition) is 6. The summed E-state index contributed by atoms with van der Waals surface area (Å²) in [6.07, 6.45) is 6.07. The number of likely N-dealkylation sites (tertiary alicyclic amines) is 1. The number of aliphatic hydroxyl groups is 1. The SMILES string of the molecule is C/C=C/C=N\c1c(C#N)ccc(N2C[C@@H](C)C[C@@H](NC(=O)C(C)N3CC(O)C3)C2)c1C. The molecule has 0 bridgehead atoms. The number of anilines is 1. The van der Waals surface area contributed by atoms with Crippen molar-refractivity contribution >= 4 is 23.5 Å². The first kappa shape index (κ1) is 23.0. The van der Waals surface area contributed by atoms with Gasteiger partial charge in [0.1, 0.15) is 6.07 Å². The summed E-state index contributed by atoms with van der Waals surface area (Å²) in [6.45, 7) is 10.7. The summed E-state index contributed by atoms with van der Waals surface area (Å²) >= 11 is 0. The average Bonchev–Trinajstić information content (AvgIpc) is 2.71. The van der Waals surface area contributed by atoms with Gasteiger partial charge in [-0.15, -0.1) is 0 Å². The fourth-order valence-corrected chi connectivity index (χ4v) is 4.44. The normalized spacial score (nSPS) is 23.7. The molecule has 2 fully saturated rings. The van der Waals surface area contributed by atoms with Crippen LogP contribution in [0.25, 0.3) is 0 Å². The summed E-state index contributed by atoms with van der Waals surface area (Å²) in [5, 5.41) is 22.2. The van der Waals surface area contributed by atoms with Gasteiger partial charge in [0.05, 0.1) is 23.4 Å². The third-order valence-electron chi connectivity index (χ3n) is 6.17. The molecular weight excluding hydrogens is 390 g/mol. The van der Waals surface area contributed by atoms with E-state index in [2.05, 4.69) is 28.2 Å². The highest BCUT2D eigenvalue weighted by molar-refractivity contribution is 5.82. The van der Waals surface area contributed by atoms with Crippen molar-refractivity contribution in [2.45, 2.75) is 52.3 Å². The molecule has 0 spiro atoms. The molecule has 0 aromatic heterocycles. The van der Waals surface area contributed by atoms with E-state index in [1.54, 1.807) is 6.21 Å². The van der Waals surface area contributed by atoms with Gasteiger partial charge < -0.3 is 15.3 Å². The number of amides is 1. The third kappa shape index (κ3) is 5.33. The maximum Gasteiger partial charge on any atom is 0.237 e. The molecule has 7 heteroatoms. The zero-order chi connectivity index (χ0) is 22.5. The lowest BCUT2D eigenvalue weighted by molar-refractivity contribution is -0.131. The van der Waals surface area contributed by atoms with E-state index < -0.39 is 0 Å². The second-order valence-electron chi connectivity index (χ2n) is 8.76. The minimum atomic E-state index is -0.315. The van der Waals surface area contributed by atoms with Crippen LogP contribution in [0.4, 0.5) is 11.4 Å². The highest BCUT2D eigenvalue weighted by atomic mass is 16.3. The van der Waals surface area contributed by atoms with E-state index >= 15 is 0 Å². The predicted molar refractivity (Wildman–Crippen MR) is 124 cm³/mol. The van der Waals surface area contributed by atoms with E-state index in [0.29, 0.717) is 30.3 Å². The van der Waals surface area contributed by atoms with Crippen molar-refractivity contribution in [1.29, 1.82) is 5.26 Å². The third-order valence-corrected chi connectivity index (χ3v) is 6.17. The molecule has 166 valence electrons. The Hall–Kier alpha value is -2.69. The standard InChI is InChI=1S/C24H33N5O2/c1-5-6-9-26-23-17(3)22(8-7-19(23)11-25)29-12-16(2)10-20(13-29)27-24(31)18(4)28-14-21(30)15-28/h5-9,16,18,20-21,30H,10,12-15H2,1-4H3,(H,27,31)/b6-5+,26-9-/t16-,18?,20+/m0/s1. The summed E-state index contributed by atoms with van der Waals surface area (Å²) in [6, 6.07) is 5.87. The van der Waals surface area contributed by atoms with Crippen LogP contribution in [0.2, 0.25) is 0 Å². The van der Waals surface area contributed by atoms with E-state index in [1.807, 2.05) is 50.0 Å². The average molecular weight is 424 g/mol. The van der Waals surface area contributed by atoms with Gasteiger partial charge in [-0.25, -0.2) is 0 Å². The van der Waals surface area contributed by atoms with E-state index in [9.17, 15) is 15.2 Å². The number of piperidine rings is 1. The molecule has 0 radical (unpaired) electrons. The van der Waals surface area contributed by atoms with Gasteiger partial charge in [-0.1, -0.05) is 13.0 Å². The Morgan fingerprint density at radius 2 is 2.10 bits per heavy atom. The smallest absolute Gasteiger partial charge is 0.237 e. The van der Waals surface area contributed by atoms with Crippen molar-refractivity contribution in [3.63, 3.8) is 0 Å². The molecule has 0 saturated carbocycles. The van der Waals surface area contributed by atoms with Gasteiger partial charge in [0.15, 0.2) is 0 Å². The number of allylic oxidation sites excluding steroid dienone is 2. The first-order valence-corrected chi connectivity index (χ1v) is 11.0. The molecule has 1 aromatic carbocycles. The molecule has 0 aliphatic carbocycles. The number of rotatable bonds is 6. The lowest BCUT2D eigenvalue weighted by Crippen LogP contribution is -2.60. The molecule has 2 saturated heterocycles. The Morgan fingerprint density at radius 1 is 1.35 bits per heavy atom. The highest BCUT2D eigenvalue weighted by Crippen LogP contribution is 2.34. The Labute approximate surface area is 185 Å². The molecule has 1 amide bonds. The van der Waals surface area contributed by atoms with Crippen molar-refractivity contribution in [2.24, 2.45) is 10.9 Å². The van der Waals surface area contributed by atoms with Crippen LogP contribution in [0, 0.1) is 24.2 Å². The summed E-state index contributed by atoms with van der Waals surface area (Å²) < 4.78 is 0. The lowest BCUT2D eigenvalue weighted by atomic mass is 9.94. The maximum atomic E-state index is 12.7. The van der Waals surface area contributed by atoms with Crippen LogP contribution >= 0.6 is 0 Å². The van der Waals surface area contributed by atoms with Crippen LogP contribution in [0.15, 0.2) is 29.3 Å². The van der Waals surface area contributed by atoms with Gasteiger partial charge in [-0.2, -0.15) is 5.26 Å². The Balaban J connectivity index is 1.76. The molecule has 1 unspecified atom stereocenters. The van der Waals surface area contributed by atoms with Crippen molar-refractivity contribution in [3.05, 3.63) is 35.4 Å². The zero-order valence-corrected chi connectivity index (χ0v) is 18.9. The predicted octanol–water partition coefficient (Wildman–Crippen LogP) is 2.54. The maximum absolute atomic E-state index is 12.7. The monoisotopic (exact) mass is 423 g/mol. The zero-order valence-electron chi connectivity index (χ0n) is 18.9. The van der Waals surface area contributed by atoms with Gasteiger partial charge in [0.2, 0.25) is 5.91 Å². The van der Waals surface area contributed by atoms with E-state index in [1.165, 1.54) is 0 Å². The van der Waals surface area contributed by atoms with Crippen molar-refractivity contribution in [2.75, 3.05) is 31.1 Å². The number of aliphatic hydroxyl groups excluding tert-OH is 1. The number of β-amino-alcohol motifs (C(OH)–C–C–N with tert-alkyl or cyclic N) is 1. The largest absolute Gasteiger partial charge is 0.390 e. The second kappa shape index (κ2) is 10.1. The molecule has 2 aliphatic rings. The number of hydrogen-bond donors (Lipinski definition) is 2. The molecule has 2 aliphatic heterocycles. The van der Waals surface area contributed by atoms with Crippen LogP contribution in [0.3, 0.4) is 0 Å².